The molecule has 8 heteroatoms. The highest BCUT2D eigenvalue weighted by Gasteiger charge is 2.36. The van der Waals surface area contributed by atoms with Gasteiger partial charge in [-0.15, -0.1) is 0 Å². The van der Waals surface area contributed by atoms with Crippen LogP contribution < -0.4 is 11.1 Å². The molecule has 0 bridgehead atoms. The molecule has 6 nitrogen and oxygen atoms in total. The maximum atomic E-state index is 14.0. The lowest BCUT2D eigenvalue weighted by molar-refractivity contribution is -0.123. The van der Waals surface area contributed by atoms with Crippen LogP contribution in [0.2, 0.25) is 0 Å². The molecule has 0 saturated carbocycles. The molecule has 0 aliphatic heterocycles. The Labute approximate surface area is 190 Å². The van der Waals surface area contributed by atoms with Gasteiger partial charge < -0.3 is 16.0 Å². The first-order valence-corrected chi connectivity index (χ1v) is 10.2. The van der Waals surface area contributed by atoms with E-state index in [0.29, 0.717) is 5.56 Å². The first kappa shape index (κ1) is 23.6. The third-order valence-corrected chi connectivity index (χ3v) is 5.15. The number of nitrogens with one attached hydrogen (secondary N) is 1. The van der Waals surface area contributed by atoms with Crippen LogP contribution in [0.25, 0.3) is 0 Å². The molecule has 170 valence electrons. The second-order valence-corrected chi connectivity index (χ2v) is 7.53. The summed E-state index contributed by atoms with van der Waals surface area (Å²) in [6.45, 7) is 2.85. The van der Waals surface area contributed by atoms with Crippen LogP contribution in [0.5, 0.6) is 0 Å². The summed E-state index contributed by atoms with van der Waals surface area (Å²) in [5, 5.41) is 2.59. The lowest BCUT2D eigenvalue weighted by Crippen LogP contribution is -2.43. The van der Waals surface area contributed by atoms with E-state index in [0.717, 1.165) is 18.2 Å². The number of carbonyl (C=O) groups is 3. The zero-order valence-corrected chi connectivity index (χ0v) is 18.1. The number of benzene rings is 3. The van der Waals surface area contributed by atoms with E-state index in [1.54, 1.807) is 55.5 Å². The zero-order chi connectivity index (χ0) is 24.1. The van der Waals surface area contributed by atoms with Crippen molar-refractivity contribution in [3.8, 4) is 0 Å². The molecule has 3 amide bonds. The number of hydrogen-bond donors (Lipinski definition) is 2. The third kappa shape index (κ3) is 5.41. The Morgan fingerprint density at radius 3 is 2.03 bits per heavy atom. The summed E-state index contributed by atoms with van der Waals surface area (Å²) in [7, 11) is 0. The van der Waals surface area contributed by atoms with Gasteiger partial charge in [0.25, 0.3) is 5.91 Å². The highest BCUT2D eigenvalue weighted by atomic mass is 19.1. The predicted octanol–water partition coefficient (Wildman–Crippen LogP) is 4.35. The van der Waals surface area contributed by atoms with Crippen LogP contribution in [-0.4, -0.2) is 22.6 Å². The number of amides is 3. The van der Waals surface area contributed by atoms with E-state index in [4.69, 9.17) is 5.73 Å². The number of rotatable bonds is 7. The number of halogens is 2. The Morgan fingerprint density at radius 2 is 1.45 bits per heavy atom. The Morgan fingerprint density at radius 1 is 0.879 bits per heavy atom. The van der Waals surface area contributed by atoms with Crippen LogP contribution in [-0.2, 0) is 9.59 Å². The topological polar surface area (TPSA) is 92.5 Å². The molecule has 0 aliphatic rings. The fourth-order valence-electron chi connectivity index (χ4n) is 3.70. The van der Waals surface area contributed by atoms with E-state index >= 15 is 0 Å². The molecule has 3 aromatic rings. The van der Waals surface area contributed by atoms with Crippen LogP contribution in [0, 0.1) is 11.6 Å². The summed E-state index contributed by atoms with van der Waals surface area (Å²) in [6.07, 6.45) is 0. The Kier molecular flexibility index (Phi) is 7.17. The van der Waals surface area contributed by atoms with E-state index in [1.807, 2.05) is 0 Å². The summed E-state index contributed by atoms with van der Waals surface area (Å²) < 4.78 is 28.0. The minimum absolute atomic E-state index is 0.0959. The predicted molar refractivity (Wildman–Crippen MR) is 120 cm³/mol. The van der Waals surface area contributed by atoms with Crippen molar-refractivity contribution in [2.45, 2.75) is 25.9 Å². The quantitative estimate of drug-likeness (QED) is 0.559. The molecule has 0 radical (unpaired) electrons. The summed E-state index contributed by atoms with van der Waals surface area (Å²) in [5.74, 6) is -3.51. The average Bonchev–Trinajstić information content (AvgIpc) is 2.76. The molecule has 0 saturated heterocycles. The van der Waals surface area contributed by atoms with Crippen molar-refractivity contribution < 1.29 is 23.2 Å². The largest absolute Gasteiger partial charge is 0.368 e. The summed E-state index contributed by atoms with van der Waals surface area (Å²) in [4.78, 5) is 39.3. The standard InChI is InChI=1S/C25H23F2N3O3/c1-15(18-12-19(26)14-20(27)13-18)30(23(24(28)32)17-8-4-3-5-9-17)25(33)21-10-6-7-11-22(21)29-16(2)31/h3-15,23H,1-2H3,(H2,28,32)(H,29,31)/t15-,23+/m1/s1. The van der Waals surface area contributed by atoms with Gasteiger partial charge in [-0.2, -0.15) is 0 Å². The highest BCUT2D eigenvalue weighted by molar-refractivity contribution is 6.05. The summed E-state index contributed by atoms with van der Waals surface area (Å²) in [6, 6.07) is 15.4. The highest BCUT2D eigenvalue weighted by Crippen LogP contribution is 2.34. The molecule has 3 rings (SSSR count). The van der Waals surface area contributed by atoms with Gasteiger partial charge in [0, 0.05) is 13.0 Å². The van der Waals surface area contributed by atoms with Crippen LogP contribution in [0.3, 0.4) is 0 Å². The van der Waals surface area contributed by atoms with Crippen LogP contribution in [0.1, 0.15) is 47.4 Å². The molecule has 3 aromatic carbocycles. The molecule has 0 heterocycles. The van der Waals surface area contributed by atoms with E-state index in [1.165, 1.54) is 17.9 Å². The number of anilines is 1. The molecule has 3 N–H and O–H groups in total. The van der Waals surface area contributed by atoms with Crippen molar-refractivity contribution in [3.05, 3.63) is 101 Å². The van der Waals surface area contributed by atoms with E-state index in [2.05, 4.69) is 5.32 Å². The van der Waals surface area contributed by atoms with E-state index in [-0.39, 0.29) is 16.8 Å². The number of para-hydroxylation sites is 1. The van der Waals surface area contributed by atoms with Gasteiger partial charge in [-0.05, 0) is 42.3 Å². The molecule has 0 aromatic heterocycles. The molecule has 0 unspecified atom stereocenters. The minimum Gasteiger partial charge on any atom is -0.368 e. The van der Waals surface area contributed by atoms with Crippen molar-refractivity contribution in [2.75, 3.05) is 5.32 Å². The first-order chi connectivity index (χ1) is 15.7. The lowest BCUT2D eigenvalue weighted by Gasteiger charge is -2.36. The van der Waals surface area contributed by atoms with Gasteiger partial charge in [-0.1, -0.05) is 42.5 Å². The first-order valence-electron chi connectivity index (χ1n) is 10.2. The molecule has 33 heavy (non-hydrogen) atoms. The zero-order valence-electron chi connectivity index (χ0n) is 18.1. The number of nitrogens with zero attached hydrogens (tertiary/aromatic N) is 1. The maximum Gasteiger partial charge on any atom is 0.257 e. The van der Waals surface area contributed by atoms with E-state index in [9.17, 15) is 23.2 Å². The Balaban J connectivity index is 2.20. The van der Waals surface area contributed by atoms with Gasteiger partial charge in [0.1, 0.15) is 17.7 Å². The maximum absolute atomic E-state index is 14.0. The average molecular weight is 451 g/mol. The van der Waals surface area contributed by atoms with Crippen molar-refractivity contribution in [1.82, 2.24) is 4.90 Å². The molecular weight excluding hydrogens is 428 g/mol. The Bertz CT molecular complexity index is 1160. The van der Waals surface area contributed by atoms with Gasteiger partial charge in [-0.25, -0.2) is 8.78 Å². The SMILES string of the molecule is CC(=O)Nc1ccccc1C(=O)N([C@H](C)c1cc(F)cc(F)c1)[C@H](C(N)=O)c1ccccc1. The number of hydrogen-bond acceptors (Lipinski definition) is 3. The van der Waals surface area contributed by atoms with Gasteiger partial charge in [0.2, 0.25) is 11.8 Å². The molecule has 0 aliphatic carbocycles. The fourth-order valence-corrected chi connectivity index (χ4v) is 3.70. The van der Waals surface area contributed by atoms with Crippen molar-refractivity contribution in [2.24, 2.45) is 5.73 Å². The van der Waals surface area contributed by atoms with Crippen LogP contribution in [0.15, 0.2) is 72.8 Å². The van der Waals surface area contributed by atoms with Crippen molar-refractivity contribution >= 4 is 23.4 Å². The monoisotopic (exact) mass is 451 g/mol. The normalized spacial score (nSPS) is 12.5. The molecule has 0 fully saturated rings. The number of nitrogens with two attached hydrogens (primary N) is 1. The third-order valence-electron chi connectivity index (χ3n) is 5.15. The number of carbonyl (C=O) groups excluding carboxylic acids is 3. The smallest absolute Gasteiger partial charge is 0.257 e. The number of primary amides is 1. The summed E-state index contributed by atoms with van der Waals surface area (Å²) >= 11 is 0. The summed E-state index contributed by atoms with van der Waals surface area (Å²) in [5.41, 5.74) is 6.62. The molecule has 2 atom stereocenters. The second-order valence-electron chi connectivity index (χ2n) is 7.53. The molecular formula is C25H23F2N3O3. The second kappa shape index (κ2) is 10.0. The van der Waals surface area contributed by atoms with Crippen LogP contribution >= 0.6 is 0 Å². The van der Waals surface area contributed by atoms with Crippen LogP contribution in [0.4, 0.5) is 14.5 Å². The lowest BCUT2D eigenvalue weighted by atomic mass is 9.97. The van der Waals surface area contributed by atoms with Gasteiger partial charge in [0.05, 0.1) is 17.3 Å². The minimum atomic E-state index is -1.24. The fraction of sp³-hybridized carbons (Fsp3) is 0.160. The molecule has 0 spiro atoms. The van der Waals surface area contributed by atoms with Crippen molar-refractivity contribution in [1.29, 1.82) is 0 Å². The van der Waals surface area contributed by atoms with E-state index < -0.39 is 41.4 Å². The Hall–Kier alpha value is -4.07. The van der Waals surface area contributed by atoms with Gasteiger partial charge in [-0.3, -0.25) is 14.4 Å². The van der Waals surface area contributed by atoms with Gasteiger partial charge >= 0.3 is 0 Å². The van der Waals surface area contributed by atoms with Gasteiger partial charge in [0.15, 0.2) is 0 Å². The van der Waals surface area contributed by atoms with Crippen molar-refractivity contribution in [3.63, 3.8) is 0 Å².